The predicted molar refractivity (Wildman–Crippen MR) is 167 cm³/mol. The normalized spacial score (nSPS) is 23.6. The molecule has 0 unspecified atom stereocenters. The Morgan fingerprint density at radius 1 is 0.733 bits per heavy atom. The lowest BCUT2D eigenvalue weighted by Gasteiger charge is -2.37. The number of phosphoric ester groups is 1. The van der Waals surface area contributed by atoms with Crippen LogP contribution in [0, 0.1) is 0 Å². The van der Waals surface area contributed by atoms with E-state index < -0.39 is 43.8 Å². The van der Waals surface area contributed by atoms with E-state index in [-0.39, 0.29) is 6.61 Å². The second-order valence-electron chi connectivity index (χ2n) is 11.2. The first-order valence-electron chi connectivity index (χ1n) is 14.7. The smallest absolute Gasteiger partial charge is 0.497 e. The maximum Gasteiger partial charge on any atom is 0.530 e. The molecular weight excluding hydrogens is 595 g/mol. The largest absolute Gasteiger partial charge is 0.530 e. The van der Waals surface area contributed by atoms with Gasteiger partial charge in [-0.1, -0.05) is 91.0 Å². The Labute approximate surface area is 263 Å². The molecule has 236 valence electrons. The Kier molecular flexibility index (Phi) is 9.13. The molecule has 0 radical (unpaired) electrons. The molecular formula is C35H37O9P. The van der Waals surface area contributed by atoms with Crippen molar-refractivity contribution in [1.29, 1.82) is 0 Å². The molecule has 2 aliphatic rings. The van der Waals surface area contributed by atoms with Gasteiger partial charge in [0.1, 0.15) is 35.4 Å². The third kappa shape index (κ3) is 6.57. The van der Waals surface area contributed by atoms with Gasteiger partial charge < -0.3 is 28.2 Å². The first-order chi connectivity index (χ1) is 21.8. The molecule has 9 nitrogen and oxygen atoms in total. The molecule has 0 amide bonds. The molecule has 2 fully saturated rings. The van der Waals surface area contributed by atoms with Crippen LogP contribution in [0.3, 0.4) is 0 Å². The summed E-state index contributed by atoms with van der Waals surface area (Å²) in [6.07, 6.45) is -3.21. The van der Waals surface area contributed by atoms with Crippen molar-refractivity contribution in [2.45, 2.75) is 49.8 Å². The van der Waals surface area contributed by atoms with Crippen molar-refractivity contribution in [2.75, 3.05) is 20.8 Å². The number of para-hydroxylation sites is 1. The second-order valence-corrected chi connectivity index (χ2v) is 12.9. The summed E-state index contributed by atoms with van der Waals surface area (Å²) >= 11 is 0. The maximum atomic E-state index is 13.9. The van der Waals surface area contributed by atoms with Crippen molar-refractivity contribution in [1.82, 2.24) is 0 Å². The molecule has 10 heteroatoms. The van der Waals surface area contributed by atoms with E-state index in [4.69, 9.17) is 37.3 Å². The summed E-state index contributed by atoms with van der Waals surface area (Å²) in [5, 5.41) is 0. The summed E-state index contributed by atoms with van der Waals surface area (Å²) in [4.78, 5) is 0. The number of phosphoric acid groups is 1. The Bertz CT molecular complexity index is 1540. The van der Waals surface area contributed by atoms with Gasteiger partial charge in [0, 0.05) is 7.11 Å². The van der Waals surface area contributed by atoms with E-state index in [1.165, 1.54) is 7.11 Å². The van der Waals surface area contributed by atoms with Crippen LogP contribution in [0.2, 0.25) is 0 Å². The number of hydrogen-bond acceptors (Lipinski definition) is 9. The zero-order valence-electron chi connectivity index (χ0n) is 25.6. The highest BCUT2D eigenvalue weighted by molar-refractivity contribution is 7.48. The van der Waals surface area contributed by atoms with Gasteiger partial charge in [0.15, 0.2) is 12.1 Å². The number of benzene rings is 4. The van der Waals surface area contributed by atoms with Crippen LogP contribution in [0.15, 0.2) is 115 Å². The number of rotatable bonds is 12. The fraction of sp³-hybridized carbons (Fsp3) is 0.314. The van der Waals surface area contributed by atoms with Crippen LogP contribution >= 0.6 is 7.82 Å². The van der Waals surface area contributed by atoms with E-state index in [0.29, 0.717) is 5.75 Å². The zero-order valence-corrected chi connectivity index (χ0v) is 26.5. The Balaban J connectivity index is 1.37. The number of methoxy groups -OCH3 is 1. The molecule has 45 heavy (non-hydrogen) atoms. The van der Waals surface area contributed by atoms with Crippen molar-refractivity contribution in [3.05, 3.63) is 132 Å². The van der Waals surface area contributed by atoms with Crippen LogP contribution in [0.5, 0.6) is 11.5 Å². The topological polar surface area (TPSA) is 90.9 Å². The summed E-state index contributed by atoms with van der Waals surface area (Å²) in [5.74, 6) is 0.113. The fourth-order valence-corrected chi connectivity index (χ4v) is 6.94. The molecule has 0 N–H and O–H groups in total. The third-order valence-corrected chi connectivity index (χ3v) is 9.23. The van der Waals surface area contributed by atoms with E-state index in [1.54, 1.807) is 45.2 Å². The molecule has 5 atom stereocenters. The van der Waals surface area contributed by atoms with Crippen LogP contribution in [-0.4, -0.2) is 51.2 Å². The molecule has 0 saturated carbocycles. The van der Waals surface area contributed by atoms with Crippen LogP contribution < -0.4 is 9.26 Å². The van der Waals surface area contributed by atoms with Gasteiger partial charge >= 0.3 is 7.82 Å². The lowest BCUT2D eigenvalue weighted by molar-refractivity contribution is -0.222. The van der Waals surface area contributed by atoms with E-state index in [9.17, 15) is 4.57 Å². The van der Waals surface area contributed by atoms with Crippen LogP contribution in [0.1, 0.15) is 30.5 Å². The predicted octanol–water partition coefficient (Wildman–Crippen LogP) is 7.10. The second kappa shape index (κ2) is 13.1. The Morgan fingerprint density at radius 2 is 1.29 bits per heavy atom. The fourth-order valence-electron chi connectivity index (χ4n) is 5.80. The van der Waals surface area contributed by atoms with Crippen molar-refractivity contribution in [3.63, 3.8) is 0 Å². The van der Waals surface area contributed by atoms with Gasteiger partial charge in [0.2, 0.25) is 0 Å². The first kappa shape index (κ1) is 31.5. The van der Waals surface area contributed by atoms with E-state index in [2.05, 4.69) is 0 Å². The zero-order chi connectivity index (χ0) is 31.5. The van der Waals surface area contributed by atoms with Crippen molar-refractivity contribution in [2.24, 2.45) is 0 Å². The molecule has 0 aliphatic carbocycles. The average molecular weight is 633 g/mol. The lowest BCUT2D eigenvalue weighted by atomic mass is 9.80. The molecule has 0 bridgehead atoms. The third-order valence-electron chi connectivity index (χ3n) is 7.84. The summed E-state index contributed by atoms with van der Waals surface area (Å²) < 4.78 is 62.2. The molecule has 4 aromatic rings. The summed E-state index contributed by atoms with van der Waals surface area (Å²) in [5.41, 5.74) is 1.62. The summed E-state index contributed by atoms with van der Waals surface area (Å²) in [7, 11) is -1.22. The number of fused-ring (bicyclic) bond motifs is 1. The minimum Gasteiger partial charge on any atom is -0.497 e. The van der Waals surface area contributed by atoms with Gasteiger partial charge in [-0.15, -0.1) is 0 Å². The molecule has 2 heterocycles. The van der Waals surface area contributed by atoms with Gasteiger partial charge in [-0.3, -0.25) is 9.05 Å². The maximum absolute atomic E-state index is 13.9. The van der Waals surface area contributed by atoms with Gasteiger partial charge in [-0.2, -0.15) is 0 Å². The summed E-state index contributed by atoms with van der Waals surface area (Å²) in [6.45, 7) is 3.58. The van der Waals surface area contributed by atoms with E-state index >= 15 is 0 Å². The van der Waals surface area contributed by atoms with Gasteiger partial charge in [-0.25, -0.2) is 4.57 Å². The lowest BCUT2D eigenvalue weighted by Crippen LogP contribution is -2.42. The first-order valence-corrected chi connectivity index (χ1v) is 16.2. The minimum atomic E-state index is -4.13. The van der Waals surface area contributed by atoms with Crippen molar-refractivity contribution < 1.29 is 41.8 Å². The molecule has 4 aromatic carbocycles. The van der Waals surface area contributed by atoms with E-state index in [1.807, 2.05) is 91.0 Å². The Hall–Kier alpha value is -3.53. The molecule has 0 spiro atoms. The molecule has 2 aliphatic heterocycles. The van der Waals surface area contributed by atoms with Gasteiger partial charge in [0.05, 0.1) is 13.7 Å². The van der Waals surface area contributed by atoms with Crippen molar-refractivity contribution in [3.8, 4) is 11.5 Å². The summed E-state index contributed by atoms with van der Waals surface area (Å²) in [6, 6.07) is 36.4. The van der Waals surface area contributed by atoms with Gasteiger partial charge in [-0.05, 0) is 54.8 Å². The highest BCUT2D eigenvalue weighted by atomic mass is 31.2. The van der Waals surface area contributed by atoms with Gasteiger partial charge in [0.25, 0.3) is 0 Å². The quantitative estimate of drug-likeness (QED) is 0.120. The standard InChI is InChI=1S/C35H37O9P/c1-34(2)41-32-31(44-45(36,38-4)43-29-18-12-7-13-19-29)30(40-33(32)42-34)24-39-35(25-14-8-5-9-15-25,26-16-10-6-11-17-26)27-20-22-28(37-3)23-21-27/h5-23,30-33H,24H2,1-4H3/t30-,31+,32-,33-,45+/m1/s1. The molecule has 6 rings (SSSR count). The molecule has 2 saturated heterocycles. The highest BCUT2D eigenvalue weighted by Gasteiger charge is 2.58. The number of hydrogen-bond donors (Lipinski definition) is 0. The molecule has 0 aromatic heterocycles. The Morgan fingerprint density at radius 3 is 1.84 bits per heavy atom. The minimum absolute atomic E-state index is 0.00961. The van der Waals surface area contributed by atoms with E-state index in [0.717, 1.165) is 22.4 Å². The van der Waals surface area contributed by atoms with Crippen LogP contribution in [-0.2, 0) is 38.2 Å². The number of ether oxygens (including phenoxy) is 5. The average Bonchev–Trinajstić information content (AvgIpc) is 3.54. The monoisotopic (exact) mass is 632 g/mol. The SMILES string of the molecule is COc1ccc(C(OC[C@H]2O[C@@H]3OC(C)(C)O[C@@H]3[C@H]2O[P@@](=O)(OC)Oc2ccccc2)(c2ccccc2)c2ccccc2)cc1. The van der Waals surface area contributed by atoms with Crippen molar-refractivity contribution >= 4 is 7.82 Å². The van der Waals surface area contributed by atoms with Crippen LogP contribution in [0.25, 0.3) is 0 Å². The van der Waals surface area contributed by atoms with Crippen LogP contribution in [0.4, 0.5) is 0 Å². The highest BCUT2D eigenvalue weighted by Crippen LogP contribution is 2.53.